The zero-order valence-electron chi connectivity index (χ0n) is 12.2. The first-order chi connectivity index (χ1) is 10.3. The second kappa shape index (κ2) is 4.59. The lowest BCUT2D eigenvalue weighted by Crippen LogP contribution is -2.39. The predicted octanol–water partition coefficient (Wildman–Crippen LogP) is 0.569. The lowest BCUT2D eigenvalue weighted by Gasteiger charge is -2.16. The molecule has 3 rings (SSSR count). The molecule has 0 radical (unpaired) electrons. The number of aromatic amines is 1. The van der Waals surface area contributed by atoms with Gasteiger partial charge in [0, 0.05) is 17.2 Å². The topological polar surface area (TPSA) is 95.4 Å². The number of carbonyl (C=O) groups is 1. The van der Waals surface area contributed by atoms with Crippen LogP contribution in [0.3, 0.4) is 0 Å². The Kier molecular flexibility index (Phi) is 2.94. The summed E-state index contributed by atoms with van der Waals surface area (Å²) >= 11 is 0. The van der Waals surface area contributed by atoms with Crippen molar-refractivity contribution in [1.82, 2.24) is 9.71 Å². The molecule has 1 fully saturated rings. The first kappa shape index (κ1) is 14.1. The van der Waals surface area contributed by atoms with Crippen LogP contribution in [-0.2, 0) is 4.79 Å². The van der Waals surface area contributed by atoms with Crippen molar-refractivity contribution in [2.24, 2.45) is 5.41 Å². The molecule has 0 atom stereocenters. The molecule has 1 aliphatic carbocycles. The Morgan fingerprint density at radius 3 is 2.73 bits per heavy atom. The summed E-state index contributed by atoms with van der Waals surface area (Å²) < 4.78 is -0.0383. The van der Waals surface area contributed by atoms with E-state index in [2.05, 4.69) is 4.98 Å². The maximum absolute atomic E-state index is 12.5. The van der Waals surface area contributed by atoms with Gasteiger partial charge >= 0.3 is 11.2 Å². The summed E-state index contributed by atoms with van der Waals surface area (Å²) in [7, 11) is 0. The van der Waals surface area contributed by atoms with Gasteiger partial charge in [-0.25, -0.2) is 4.79 Å². The van der Waals surface area contributed by atoms with Crippen LogP contribution in [0.4, 0.5) is 5.69 Å². The zero-order chi connectivity index (χ0) is 16.1. The van der Waals surface area contributed by atoms with Crippen LogP contribution in [0.1, 0.15) is 13.8 Å². The maximum Gasteiger partial charge on any atom is 0.361 e. The first-order valence-corrected chi connectivity index (χ1v) is 6.78. The number of hydrogen-bond acceptors (Lipinski definition) is 4. The SMILES string of the molecule is CC1(C)C=CC=C2C(=O)N(c3c[nH]c(=O)n(O)c3=O)CC2=C1. The highest BCUT2D eigenvalue weighted by atomic mass is 16.5. The number of allylic oxidation sites excluding steroid dienone is 4. The van der Waals surface area contributed by atoms with Gasteiger partial charge in [0.05, 0.1) is 6.54 Å². The Morgan fingerprint density at radius 2 is 2.00 bits per heavy atom. The molecule has 1 aromatic heterocycles. The van der Waals surface area contributed by atoms with Crippen molar-refractivity contribution in [1.29, 1.82) is 0 Å². The summed E-state index contributed by atoms with van der Waals surface area (Å²) in [5, 5.41) is 9.40. The number of nitrogens with one attached hydrogen (secondary N) is 1. The van der Waals surface area contributed by atoms with Crippen LogP contribution in [0, 0.1) is 5.41 Å². The Labute approximate surface area is 125 Å². The van der Waals surface area contributed by atoms with E-state index in [4.69, 9.17) is 0 Å². The Balaban J connectivity index is 2.10. The van der Waals surface area contributed by atoms with Gasteiger partial charge in [0.25, 0.3) is 5.91 Å². The minimum atomic E-state index is -0.947. The molecule has 0 unspecified atom stereocenters. The number of H-pyrrole nitrogens is 1. The first-order valence-electron chi connectivity index (χ1n) is 6.78. The van der Waals surface area contributed by atoms with Gasteiger partial charge in [-0.1, -0.05) is 36.8 Å². The number of anilines is 1. The fraction of sp³-hybridized carbons (Fsp3) is 0.267. The molecule has 1 saturated heterocycles. The van der Waals surface area contributed by atoms with Crippen molar-refractivity contribution in [3.8, 4) is 0 Å². The third kappa shape index (κ3) is 2.11. The third-order valence-corrected chi connectivity index (χ3v) is 3.71. The van der Waals surface area contributed by atoms with Crippen LogP contribution < -0.4 is 16.1 Å². The van der Waals surface area contributed by atoms with Gasteiger partial charge in [0.2, 0.25) is 0 Å². The van der Waals surface area contributed by atoms with E-state index in [1.165, 1.54) is 4.90 Å². The van der Waals surface area contributed by atoms with E-state index in [0.29, 0.717) is 5.57 Å². The lowest BCUT2D eigenvalue weighted by molar-refractivity contribution is -0.114. The van der Waals surface area contributed by atoms with Crippen molar-refractivity contribution in [3.63, 3.8) is 0 Å². The molecule has 1 aromatic rings. The summed E-state index contributed by atoms with van der Waals surface area (Å²) in [5.41, 5.74) is -0.816. The monoisotopic (exact) mass is 301 g/mol. The van der Waals surface area contributed by atoms with Gasteiger partial charge in [-0.2, -0.15) is 0 Å². The minimum Gasteiger partial charge on any atom is -0.421 e. The van der Waals surface area contributed by atoms with Crippen LogP contribution in [0.15, 0.2) is 51.2 Å². The van der Waals surface area contributed by atoms with Gasteiger partial charge in [0.15, 0.2) is 0 Å². The summed E-state index contributed by atoms with van der Waals surface area (Å²) in [6, 6.07) is 0. The maximum atomic E-state index is 12.5. The molecular formula is C15H15N3O4. The van der Waals surface area contributed by atoms with E-state index in [-0.39, 0.29) is 28.3 Å². The van der Waals surface area contributed by atoms with E-state index >= 15 is 0 Å². The quantitative estimate of drug-likeness (QED) is 0.741. The van der Waals surface area contributed by atoms with Gasteiger partial charge in [-0.3, -0.25) is 14.5 Å². The molecule has 0 spiro atoms. The molecule has 2 aliphatic rings. The number of nitrogens with zero attached hydrogens (tertiary/aromatic N) is 2. The summed E-state index contributed by atoms with van der Waals surface area (Å²) in [5.74, 6) is -0.335. The number of carbonyl (C=O) groups excluding carboxylic acids is 1. The van der Waals surface area contributed by atoms with Crippen LogP contribution in [0.5, 0.6) is 0 Å². The second-order valence-corrected chi connectivity index (χ2v) is 5.92. The molecule has 0 bridgehead atoms. The van der Waals surface area contributed by atoms with E-state index in [0.717, 1.165) is 11.8 Å². The third-order valence-electron chi connectivity index (χ3n) is 3.71. The second-order valence-electron chi connectivity index (χ2n) is 5.92. The molecule has 1 aliphatic heterocycles. The molecule has 7 heteroatoms. The van der Waals surface area contributed by atoms with Crippen LogP contribution >= 0.6 is 0 Å². The van der Waals surface area contributed by atoms with Crippen molar-refractivity contribution in [2.45, 2.75) is 13.8 Å². The highest BCUT2D eigenvalue weighted by Crippen LogP contribution is 2.33. The van der Waals surface area contributed by atoms with Crippen molar-refractivity contribution >= 4 is 11.6 Å². The molecule has 114 valence electrons. The number of fused-ring (bicyclic) bond motifs is 1. The summed E-state index contributed by atoms with van der Waals surface area (Å²) in [4.78, 5) is 39.1. The largest absolute Gasteiger partial charge is 0.421 e. The van der Waals surface area contributed by atoms with E-state index in [1.54, 1.807) is 6.08 Å². The van der Waals surface area contributed by atoms with Crippen molar-refractivity contribution in [2.75, 3.05) is 11.4 Å². The minimum absolute atomic E-state index is 0.0383. The molecule has 0 saturated carbocycles. The van der Waals surface area contributed by atoms with E-state index < -0.39 is 11.2 Å². The molecule has 7 nitrogen and oxygen atoms in total. The number of rotatable bonds is 1. The molecule has 2 heterocycles. The standard InChI is InChI=1S/C15H15N3O4/c1-15(2)5-3-4-10-9(6-15)8-17(12(10)19)11-7-16-14(21)18(22)13(11)20/h3-7,22H,8H2,1-2H3,(H,16,21). The predicted molar refractivity (Wildman–Crippen MR) is 79.9 cm³/mol. The molecule has 22 heavy (non-hydrogen) atoms. The smallest absolute Gasteiger partial charge is 0.361 e. The number of amides is 1. The molecule has 2 N–H and O–H groups in total. The van der Waals surface area contributed by atoms with Gasteiger partial charge in [-0.05, 0) is 11.6 Å². The van der Waals surface area contributed by atoms with Crippen molar-refractivity contribution < 1.29 is 10.0 Å². The Bertz CT molecular complexity index is 868. The van der Waals surface area contributed by atoms with Crippen LogP contribution in [0.2, 0.25) is 0 Å². The fourth-order valence-electron chi connectivity index (χ4n) is 2.64. The molecule has 0 aromatic carbocycles. The van der Waals surface area contributed by atoms with Crippen LogP contribution in [-0.4, -0.2) is 27.4 Å². The highest BCUT2D eigenvalue weighted by molar-refractivity contribution is 6.12. The number of aromatic nitrogens is 2. The molecular weight excluding hydrogens is 286 g/mol. The normalized spacial score (nSPS) is 19.5. The van der Waals surface area contributed by atoms with E-state index in [9.17, 15) is 19.6 Å². The number of hydrogen-bond donors (Lipinski definition) is 2. The van der Waals surface area contributed by atoms with Crippen LogP contribution in [0.25, 0.3) is 0 Å². The zero-order valence-corrected chi connectivity index (χ0v) is 12.2. The van der Waals surface area contributed by atoms with E-state index in [1.807, 2.05) is 32.1 Å². The highest BCUT2D eigenvalue weighted by Gasteiger charge is 2.35. The lowest BCUT2D eigenvalue weighted by atomic mass is 9.91. The van der Waals surface area contributed by atoms with Gasteiger partial charge in [-0.15, -0.1) is 0 Å². The average Bonchev–Trinajstić information content (AvgIpc) is 2.65. The summed E-state index contributed by atoms with van der Waals surface area (Å²) in [6.07, 6.45) is 8.64. The Hall–Kier alpha value is -2.83. The summed E-state index contributed by atoms with van der Waals surface area (Å²) in [6.45, 7) is 4.25. The molecule has 1 amide bonds. The van der Waals surface area contributed by atoms with Gasteiger partial charge < -0.3 is 10.2 Å². The Morgan fingerprint density at radius 1 is 1.27 bits per heavy atom. The fourth-order valence-corrected chi connectivity index (χ4v) is 2.64. The van der Waals surface area contributed by atoms with Crippen molar-refractivity contribution in [3.05, 3.63) is 62.5 Å². The van der Waals surface area contributed by atoms with Gasteiger partial charge in [0.1, 0.15) is 5.69 Å². The average molecular weight is 301 g/mol.